The van der Waals surface area contributed by atoms with Gasteiger partial charge in [0.25, 0.3) is 0 Å². The van der Waals surface area contributed by atoms with Crippen LogP contribution in [0.4, 0.5) is 0 Å². The van der Waals surface area contributed by atoms with E-state index >= 15 is 0 Å². The Morgan fingerprint density at radius 2 is 1.43 bits per heavy atom. The lowest BCUT2D eigenvalue weighted by Gasteiger charge is -2.47. The number of rotatable bonds is 4. The number of aryl methyl sites for hydroxylation is 4. The van der Waals surface area contributed by atoms with Gasteiger partial charge < -0.3 is 29.2 Å². The molecule has 6 nitrogen and oxygen atoms in total. The molecule has 162 valence electrons. The van der Waals surface area contributed by atoms with Crippen molar-refractivity contribution in [2.24, 2.45) is 0 Å². The molecule has 2 aromatic carbocycles. The van der Waals surface area contributed by atoms with E-state index in [0.717, 1.165) is 22.3 Å². The zero-order valence-electron chi connectivity index (χ0n) is 17.9. The maximum atomic E-state index is 10.5. The lowest BCUT2D eigenvalue weighted by Crippen LogP contribution is -2.58. The standard InChI is InChI=1S/C24H30O6/c1-13-5-7-17(9-15(13)3)23-27-12-20-22(30-23)21(19(26)11-25)29-24(28-20)18-8-6-14(2)16(4)10-18/h5-10,19-26H,11-12H2,1-4H3/t19-,20+,21+,22-,23-,24+/m0/s1. The number of hydrogen-bond donors (Lipinski definition) is 2. The maximum absolute atomic E-state index is 10.5. The summed E-state index contributed by atoms with van der Waals surface area (Å²) in [5.41, 5.74) is 6.43. The van der Waals surface area contributed by atoms with Crippen molar-refractivity contribution >= 4 is 0 Å². The van der Waals surface area contributed by atoms with Crippen molar-refractivity contribution in [3.63, 3.8) is 0 Å². The molecule has 0 bridgehead atoms. The van der Waals surface area contributed by atoms with Crippen LogP contribution in [0.3, 0.4) is 0 Å². The van der Waals surface area contributed by atoms with Gasteiger partial charge in [0.1, 0.15) is 24.4 Å². The minimum Gasteiger partial charge on any atom is -0.394 e. The summed E-state index contributed by atoms with van der Waals surface area (Å²) in [5, 5.41) is 20.1. The highest BCUT2D eigenvalue weighted by Gasteiger charge is 2.48. The van der Waals surface area contributed by atoms with Crippen LogP contribution in [0.25, 0.3) is 0 Å². The molecule has 0 radical (unpaired) electrons. The third kappa shape index (κ3) is 4.17. The van der Waals surface area contributed by atoms with E-state index < -0.39 is 43.6 Å². The van der Waals surface area contributed by atoms with Gasteiger partial charge in [-0.3, -0.25) is 0 Å². The highest BCUT2D eigenvalue weighted by molar-refractivity contribution is 5.32. The number of hydrogen-bond acceptors (Lipinski definition) is 6. The zero-order valence-corrected chi connectivity index (χ0v) is 17.9. The van der Waals surface area contributed by atoms with E-state index in [-0.39, 0.29) is 0 Å². The van der Waals surface area contributed by atoms with Crippen LogP contribution < -0.4 is 0 Å². The minimum absolute atomic E-state index is 0.307. The molecule has 6 heteroatoms. The third-order valence-corrected chi connectivity index (χ3v) is 6.13. The van der Waals surface area contributed by atoms with Crippen LogP contribution in [0.2, 0.25) is 0 Å². The molecule has 2 N–H and O–H groups in total. The molecule has 0 aromatic heterocycles. The van der Waals surface area contributed by atoms with Gasteiger partial charge >= 0.3 is 0 Å². The van der Waals surface area contributed by atoms with Crippen LogP contribution in [0, 0.1) is 27.7 Å². The van der Waals surface area contributed by atoms with Crippen molar-refractivity contribution < 1.29 is 29.2 Å². The molecule has 2 fully saturated rings. The summed E-state index contributed by atoms with van der Waals surface area (Å²) in [6.45, 7) is 8.07. The predicted octanol–water partition coefficient (Wildman–Crippen LogP) is 3.17. The van der Waals surface area contributed by atoms with Crippen LogP contribution >= 0.6 is 0 Å². The zero-order chi connectivity index (χ0) is 21.4. The molecule has 6 atom stereocenters. The van der Waals surface area contributed by atoms with Gasteiger partial charge in [-0.1, -0.05) is 36.4 Å². The Morgan fingerprint density at radius 1 is 0.833 bits per heavy atom. The van der Waals surface area contributed by atoms with Crippen molar-refractivity contribution in [1.82, 2.24) is 0 Å². The van der Waals surface area contributed by atoms with E-state index in [1.54, 1.807) is 0 Å². The van der Waals surface area contributed by atoms with E-state index in [0.29, 0.717) is 6.61 Å². The Kier molecular flexibility index (Phi) is 6.25. The van der Waals surface area contributed by atoms with E-state index in [4.69, 9.17) is 18.9 Å². The molecule has 2 aliphatic heterocycles. The molecular formula is C24H30O6. The number of aliphatic hydroxyl groups is 2. The van der Waals surface area contributed by atoms with Gasteiger partial charge in [-0.25, -0.2) is 0 Å². The van der Waals surface area contributed by atoms with Crippen LogP contribution in [0.15, 0.2) is 36.4 Å². The van der Waals surface area contributed by atoms with Gasteiger partial charge in [-0.05, 0) is 49.9 Å². The lowest BCUT2D eigenvalue weighted by atomic mass is 9.98. The fourth-order valence-corrected chi connectivity index (χ4v) is 3.93. The van der Waals surface area contributed by atoms with E-state index in [1.807, 2.05) is 57.2 Å². The Balaban J connectivity index is 1.57. The average Bonchev–Trinajstić information content (AvgIpc) is 2.75. The first-order valence-electron chi connectivity index (χ1n) is 10.4. The van der Waals surface area contributed by atoms with Crippen LogP contribution in [0.1, 0.15) is 46.0 Å². The SMILES string of the molecule is Cc1ccc([C@H]2OC[C@H]3O[C@@H](c4ccc(C)c(C)c4)O[C@H]([C@@H](O)CO)[C@H]3O2)cc1C. The molecular weight excluding hydrogens is 384 g/mol. The molecule has 4 rings (SSSR count). The van der Waals surface area contributed by atoms with Crippen molar-refractivity contribution in [2.75, 3.05) is 13.2 Å². The van der Waals surface area contributed by atoms with Crippen molar-refractivity contribution in [1.29, 1.82) is 0 Å². The number of ether oxygens (including phenoxy) is 4. The van der Waals surface area contributed by atoms with E-state index in [2.05, 4.69) is 6.92 Å². The highest BCUT2D eigenvalue weighted by Crippen LogP contribution is 2.39. The summed E-state index contributed by atoms with van der Waals surface area (Å²) in [4.78, 5) is 0. The van der Waals surface area contributed by atoms with Crippen LogP contribution in [-0.4, -0.2) is 47.8 Å². The van der Waals surface area contributed by atoms with Gasteiger partial charge in [-0.2, -0.15) is 0 Å². The fraction of sp³-hybridized carbons (Fsp3) is 0.500. The summed E-state index contributed by atoms with van der Waals surface area (Å²) in [6.07, 6.45) is -4.05. The largest absolute Gasteiger partial charge is 0.394 e. The van der Waals surface area contributed by atoms with Gasteiger partial charge in [0.2, 0.25) is 0 Å². The van der Waals surface area contributed by atoms with Crippen LogP contribution in [-0.2, 0) is 18.9 Å². The molecule has 0 spiro atoms. The monoisotopic (exact) mass is 414 g/mol. The number of aliphatic hydroxyl groups excluding tert-OH is 2. The van der Waals surface area contributed by atoms with Crippen LogP contribution in [0.5, 0.6) is 0 Å². The molecule has 2 heterocycles. The van der Waals surface area contributed by atoms with Crippen molar-refractivity contribution in [2.45, 2.75) is 64.7 Å². The molecule has 0 aliphatic carbocycles. The Hall–Kier alpha value is -1.80. The summed E-state index contributed by atoms with van der Waals surface area (Å²) in [6, 6.07) is 12.1. The quantitative estimate of drug-likeness (QED) is 0.800. The molecule has 2 aliphatic rings. The predicted molar refractivity (Wildman–Crippen MR) is 111 cm³/mol. The second-order valence-corrected chi connectivity index (χ2v) is 8.31. The summed E-state index contributed by atoms with van der Waals surface area (Å²) in [7, 11) is 0. The Bertz CT molecular complexity index is 895. The van der Waals surface area contributed by atoms with Gasteiger partial charge in [0, 0.05) is 11.1 Å². The maximum Gasteiger partial charge on any atom is 0.184 e. The Labute approximate surface area is 177 Å². The first-order valence-corrected chi connectivity index (χ1v) is 10.4. The normalized spacial score (nSPS) is 30.0. The smallest absolute Gasteiger partial charge is 0.184 e. The average molecular weight is 414 g/mol. The van der Waals surface area contributed by atoms with E-state index in [9.17, 15) is 10.2 Å². The summed E-state index contributed by atoms with van der Waals surface area (Å²) < 4.78 is 24.4. The van der Waals surface area contributed by atoms with Gasteiger partial charge in [-0.15, -0.1) is 0 Å². The Morgan fingerprint density at radius 3 is 2.00 bits per heavy atom. The molecule has 0 amide bonds. The van der Waals surface area contributed by atoms with Crippen molar-refractivity contribution in [3.8, 4) is 0 Å². The van der Waals surface area contributed by atoms with Crippen molar-refractivity contribution in [3.05, 3.63) is 69.8 Å². The topological polar surface area (TPSA) is 77.4 Å². The molecule has 30 heavy (non-hydrogen) atoms. The van der Waals surface area contributed by atoms with Gasteiger partial charge in [0.15, 0.2) is 12.6 Å². The lowest BCUT2D eigenvalue weighted by molar-refractivity contribution is -0.373. The summed E-state index contributed by atoms with van der Waals surface area (Å²) in [5.74, 6) is 0. The second kappa shape index (κ2) is 8.75. The number of fused-ring (bicyclic) bond motifs is 1. The first kappa shape index (κ1) is 21.4. The highest BCUT2D eigenvalue weighted by atomic mass is 16.8. The molecule has 0 unspecified atom stereocenters. The number of benzene rings is 2. The first-order chi connectivity index (χ1) is 14.4. The molecule has 2 saturated heterocycles. The summed E-state index contributed by atoms with van der Waals surface area (Å²) >= 11 is 0. The molecule has 0 saturated carbocycles. The fourth-order valence-electron chi connectivity index (χ4n) is 3.93. The second-order valence-electron chi connectivity index (χ2n) is 8.31. The third-order valence-electron chi connectivity index (χ3n) is 6.13. The van der Waals surface area contributed by atoms with E-state index in [1.165, 1.54) is 11.1 Å². The minimum atomic E-state index is -1.09. The molecule has 2 aromatic rings. The van der Waals surface area contributed by atoms with Gasteiger partial charge in [0.05, 0.1) is 13.2 Å².